The second-order valence-corrected chi connectivity index (χ2v) is 15.0. The van der Waals surface area contributed by atoms with Crippen LogP contribution in [0.15, 0.2) is 16.9 Å². The van der Waals surface area contributed by atoms with Crippen molar-refractivity contribution in [2.24, 2.45) is 0 Å². The Morgan fingerprint density at radius 1 is 0.792 bits per heavy atom. The van der Waals surface area contributed by atoms with Gasteiger partial charge in [0.25, 0.3) is 0 Å². The van der Waals surface area contributed by atoms with Gasteiger partial charge in [-0.25, -0.2) is 4.79 Å². The van der Waals surface area contributed by atoms with E-state index >= 15 is 0 Å². The minimum absolute atomic E-state index is 0.298. The zero-order chi connectivity index (χ0) is 38.8. The highest BCUT2D eigenvalue weighted by Gasteiger charge is 2.45. The number of nitrogens with zero attached hydrogens (tertiary/aromatic N) is 4. The average molecular weight is 761 g/mol. The van der Waals surface area contributed by atoms with E-state index < -0.39 is 67.9 Å². The van der Waals surface area contributed by atoms with Crippen LogP contribution in [0.4, 0.5) is 4.39 Å². The van der Waals surface area contributed by atoms with Gasteiger partial charge in [-0.05, 0) is 42.5 Å². The van der Waals surface area contributed by atoms with Gasteiger partial charge in [0.15, 0.2) is 6.29 Å². The van der Waals surface area contributed by atoms with E-state index in [-0.39, 0.29) is 6.67 Å². The normalized spacial score (nSPS) is 22.2. The second-order valence-electron chi connectivity index (χ2n) is 15.0. The molecule has 1 saturated heterocycles. The van der Waals surface area contributed by atoms with Crippen LogP contribution in [0, 0.1) is 0 Å². The van der Waals surface area contributed by atoms with E-state index in [1.54, 1.807) is 0 Å². The molecule has 1 aliphatic rings. The first kappa shape index (κ1) is 47.4. The van der Waals surface area contributed by atoms with E-state index in [1.165, 1.54) is 56.0 Å². The van der Waals surface area contributed by atoms with Gasteiger partial charge in [0, 0.05) is 6.54 Å². The first-order valence-electron chi connectivity index (χ1n) is 20.7. The maximum Gasteiger partial charge on any atom is 0.364 e. The largest absolute Gasteiger partial charge is 0.394 e. The number of allylic oxidation sites excluding steroid dienone is 1. The second kappa shape index (κ2) is 28.6. The molecule has 0 aromatic carbocycles. The van der Waals surface area contributed by atoms with Crippen LogP contribution in [0.25, 0.3) is 0 Å². The van der Waals surface area contributed by atoms with Crippen LogP contribution < -0.4 is 5.69 Å². The van der Waals surface area contributed by atoms with Gasteiger partial charge in [0.05, 0.1) is 26.0 Å². The Hall–Kier alpha value is -1.78. The van der Waals surface area contributed by atoms with E-state index in [9.17, 15) is 39.8 Å². The highest BCUT2D eigenvalue weighted by Crippen LogP contribution is 2.25. The number of ether oxygens (including phenoxy) is 2. The predicted molar refractivity (Wildman–Crippen MR) is 202 cm³/mol. The summed E-state index contributed by atoms with van der Waals surface area (Å²) in [6, 6.07) is -1.20. The number of hydrogen-bond donors (Lipinski definition) is 6. The zero-order valence-electron chi connectivity index (χ0n) is 32.5. The monoisotopic (exact) mass is 761 g/mol. The van der Waals surface area contributed by atoms with Crippen molar-refractivity contribution in [1.82, 2.24) is 19.8 Å². The summed E-state index contributed by atoms with van der Waals surface area (Å²) in [6.07, 6.45) is 13.4. The van der Waals surface area contributed by atoms with Crippen molar-refractivity contribution in [2.75, 3.05) is 19.9 Å². The summed E-state index contributed by atoms with van der Waals surface area (Å²) in [5, 5.41) is 70.7. The Bertz CT molecular complexity index is 1120. The molecule has 14 heteroatoms. The molecule has 8 atom stereocenters. The van der Waals surface area contributed by atoms with Crippen molar-refractivity contribution in [1.29, 1.82) is 0 Å². The number of aliphatic hydroxyl groups is 6. The summed E-state index contributed by atoms with van der Waals surface area (Å²) in [5.74, 6) is 0. The predicted octanol–water partition coefficient (Wildman–Crippen LogP) is 5.04. The molecule has 0 saturated carbocycles. The Labute approximate surface area is 316 Å². The van der Waals surface area contributed by atoms with Crippen LogP contribution in [0.2, 0.25) is 0 Å². The summed E-state index contributed by atoms with van der Waals surface area (Å²) in [7, 11) is 0. The lowest BCUT2D eigenvalue weighted by Crippen LogP contribution is -2.59. The average Bonchev–Trinajstić information content (AvgIpc) is 3.51. The van der Waals surface area contributed by atoms with Crippen LogP contribution in [0.5, 0.6) is 0 Å². The number of tetrazole rings is 1. The molecule has 0 spiro atoms. The van der Waals surface area contributed by atoms with Gasteiger partial charge in [0.2, 0.25) is 0 Å². The molecular formula is C39H73FN4O9. The van der Waals surface area contributed by atoms with Gasteiger partial charge in [-0.2, -0.15) is 9.36 Å². The summed E-state index contributed by atoms with van der Waals surface area (Å²) >= 11 is 0. The van der Waals surface area contributed by atoms with Crippen LogP contribution in [-0.2, 0) is 16.0 Å². The Kier molecular flexibility index (Phi) is 25.6. The maximum atomic E-state index is 13.4. The molecule has 0 radical (unpaired) electrons. The molecule has 0 bridgehead atoms. The van der Waals surface area contributed by atoms with Gasteiger partial charge in [-0.15, -0.1) is 0 Å². The van der Waals surface area contributed by atoms with Crippen molar-refractivity contribution >= 4 is 0 Å². The number of aromatic nitrogens is 4. The molecule has 1 aromatic rings. The molecule has 53 heavy (non-hydrogen) atoms. The van der Waals surface area contributed by atoms with Crippen molar-refractivity contribution in [2.45, 2.75) is 210 Å². The fourth-order valence-electron chi connectivity index (χ4n) is 6.92. The highest BCUT2D eigenvalue weighted by atomic mass is 19.1. The van der Waals surface area contributed by atoms with E-state index in [0.717, 1.165) is 80.9 Å². The number of rotatable bonds is 33. The summed E-state index contributed by atoms with van der Waals surface area (Å²) < 4.78 is 25.7. The molecule has 13 nitrogen and oxygen atoms in total. The van der Waals surface area contributed by atoms with Crippen molar-refractivity contribution in [3.8, 4) is 0 Å². The van der Waals surface area contributed by atoms with Crippen molar-refractivity contribution in [3.63, 3.8) is 0 Å². The molecule has 1 aromatic heterocycles. The molecule has 1 fully saturated rings. The molecular weight excluding hydrogens is 687 g/mol. The van der Waals surface area contributed by atoms with E-state index in [1.807, 2.05) is 0 Å². The van der Waals surface area contributed by atoms with Crippen molar-refractivity contribution in [3.05, 3.63) is 22.6 Å². The minimum atomic E-state index is -1.67. The Morgan fingerprint density at radius 3 is 1.91 bits per heavy atom. The van der Waals surface area contributed by atoms with Gasteiger partial charge in [0.1, 0.15) is 36.6 Å². The zero-order valence-corrected chi connectivity index (χ0v) is 32.5. The topological polar surface area (TPSA) is 193 Å². The first-order valence-corrected chi connectivity index (χ1v) is 20.7. The van der Waals surface area contributed by atoms with Gasteiger partial charge in [-0.3, -0.25) is 4.39 Å². The minimum Gasteiger partial charge on any atom is -0.394 e. The van der Waals surface area contributed by atoms with Gasteiger partial charge in [-0.1, -0.05) is 135 Å². The van der Waals surface area contributed by atoms with Crippen LogP contribution >= 0.6 is 0 Å². The number of aryl methyl sites for hydroxylation is 1. The lowest BCUT2D eigenvalue weighted by Gasteiger charge is -2.40. The third-order valence-corrected chi connectivity index (χ3v) is 10.5. The number of unbranched alkanes of at least 4 members (excludes halogenated alkanes) is 18. The quantitative estimate of drug-likeness (QED) is 0.0416. The Morgan fingerprint density at radius 2 is 1.34 bits per heavy atom. The van der Waals surface area contributed by atoms with Gasteiger partial charge < -0.3 is 40.1 Å². The first-order chi connectivity index (χ1) is 25.7. The Balaban J connectivity index is 1.88. The van der Waals surface area contributed by atoms with E-state index in [4.69, 9.17) is 9.47 Å². The molecule has 310 valence electrons. The van der Waals surface area contributed by atoms with Crippen molar-refractivity contribution < 1.29 is 44.5 Å². The fourth-order valence-corrected chi connectivity index (χ4v) is 6.92. The third kappa shape index (κ3) is 18.1. The summed E-state index contributed by atoms with van der Waals surface area (Å²) in [4.78, 5) is 13.4. The molecule has 5 unspecified atom stereocenters. The fraction of sp³-hybridized carbons (Fsp3) is 0.923. The van der Waals surface area contributed by atoms with E-state index in [2.05, 4.69) is 23.9 Å². The van der Waals surface area contributed by atoms with Crippen LogP contribution in [0.1, 0.15) is 161 Å². The lowest BCUT2D eigenvalue weighted by molar-refractivity contribution is -0.304. The summed E-state index contributed by atoms with van der Waals surface area (Å²) in [5.41, 5.74) is 0.395. The molecule has 1 aliphatic heterocycles. The number of alkyl halides is 1. The molecule has 2 rings (SSSR count). The number of hydrogen-bond acceptors (Lipinski definition) is 11. The smallest absolute Gasteiger partial charge is 0.364 e. The van der Waals surface area contributed by atoms with Crippen LogP contribution in [0.3, 0.4) is 0 Å². The van der Waals surface area contributed by atoms with E-state index in [0.29, 0.717) is 32.2 Å². The third-order valence-electron chi connectivity index (χ3n) is 10.5. The highest BCUT2D eigenvalue weighted by molar-refractivity contribution is 4.93. The lowest BCUT2D eigenvalue weighted by atomic mass is 9.98. The number of halogens is 1. The maximum absolute atomic E-state index is 13.4. The molecule has 6 N–H and O–H groups in total. The van der Waals surface area contributed by atoms with Gasteiger partial charge >= 0.3 is 5.69 Å². The number of aliphatic hydroxyl groups excluding tert-OH is 6. The summed E-state index contributed by atoms with van der Waals surface area (Å²) in [6.45, 7) is 5.03. The van der Waals surface area contributed by atoms with Crippen LogP contribution in [-0.4, -0.2) is 113 Å². The molecule has 2 heterocycles. The standard InChI is InChI=1S/C39H73FN4O9/c1-3-4-5-6-7-8-9-10-11-15-18-21-24-32(46)34(47)31(29-52-38-37(50)36(49)35(48)33(28-45)53-38)44-39(51)43(41-42-44)27-22-19-16-13-12-14-17-20-23-30(2)25-26-40/h31-38,45-50H,2-29H2,1H3/t31-,32+,33?,34-,35?,36?,37?,38?/m0/s1. The molecule has 0 aliphatic carbocycles. The SMILES string of the molecule is C=C(CCF)CCCCCCCCCCn1nnn([C@@H](COC2OC(CO)C(O)C(O)C2O)[C@H](O)[C@H](O)CCCCCCCCCCCCCC)c1=O. The molecule has 0 amide bonds.